The largest absolute Gasteiger partial charge is 0.508 e. The normalized spacial score (nSPS) is 11.1. The number of nitrogens with one attached hydrogen (secondary N) is 1. The van der Waals surface area contributed by atoms with Crippen LogP contribution in [0.25, 0.3) is 10.9 Å². The van der Waals surface area contributed by atoms with E-state index >= 15 is 0 Å². The first kappa shape index (κ1) is 19.0. The van der Waals surface area contributed by atoms with Crippen LogP contribution in [0.1, 0.15) is 19.4 Å². The Hall–Kier alpha value is -2.79. The van der Waals surface area contributed by atoms with Gasteiger partial charge in [-0.3, -0.25) is 9.88 Å². The Morgan fingerprint density at radius 3 is 2.48 bits per heavy atom. The highest BCUT2D eigenvalue weighted by Gasteiger charge is 2.09. The number of phenolic OH excluding ortho intramolecular Hbond substituents is 1. The Morgan fingerprint density at radius 1 is 1.00 bits per heavy atom. The van der Waals surface area contributed by atoms with E-state index in [9.17, 15) is 5.11 Å². The Labute approximate surface area is 161 Å². The van der Waals surface area contributed by atoms with Crippen molar-refractivity contribution in [1.29, 1.82) is 0 Å². The van der Waals surface area contributed by atoms with E-state index in [2.05, 4.69) is 46.1 Å². The SMILES string of the molecule is CCN(CC)Cc1cc(Nc2ccnc3ccc(N(C)C)cc23)ccc1O. The first-order valence-corrected chi connectivity index (χ1v) is 9.39. The van der Waals surface area contributed by atoms with Crippen molar-refractivity contribution < 1.29 is 5.11 Å². The van der Waals surface area contributed by atoms with Gasteiger partial charge in [0.15, 0.2) is 0 Å². The lowest BCUT2D eigenvalue weighted by Crippen LogP contribution is -2.22. The first-order chi connectivity index (χ1) is 13.0. The maximum absolute atomic E-state index is 10.2. The third-order valence-electron chi connectivity index (χ3n) is 4.89. The van der Waals surface area contributed by atoms with Gasteiger partial charge in [0.05, 0.1) is 5.52 Å². The van der Waals surface area contributed by atoms with Crippen LogP contribution in [0, 0.1) is 0 Å². The van der Waals surface area contributed by atoms with Crippen LogP contribution < -0.4 is 10.2 Å². The predicted octanol–water partition coefficient (Wildman–Crippen LogP) is 4.59. The third kappa shape index (κ3) is 4.31. The van der Waals surface area contributed by atoms with E-state index in [0.29, 0.717) is 5.75 Å². The summed E-state index contributed by atoms with van der Waals surface area (Å²) < 4.78 is 0. The Bertz CT molecular complexity index is 919. The van der Waals surface area contributed by atoms with Gasteiger partial charge in [0.25, 0.3) is 0 Å². The van der Waals surface area contributed by atoms with Crippen LogP contribution >= 0.6 is 0 Å². The standard InChI is InChI=1S/C22H28N4O/c1-5-26(6-2)15-16-13-17(7-10-22(16)27)24-21-11-12-23-20-9-8-18(25(3)4)14-19(20)21/h7-14,27H,5-6,15H2,1-4H3,(H,23,24). The van der Waals surface area contributed by atoms with Crippen molar-refractivity contribution in [3.8, 4) is 5.75 Å². The molecule has 0 radical (unpaired) electrons. The highest BCUT2D eigenvalue weighted by atomic mass is 16.3. The topological polar surface area (TPSA) is 51.6 Å². The molecule has 0 aliphatic rings. The molecule has 0 aliphatic heterocycles. The molecule has 142 valence electrons. The summed E-state index contributed by atoms with van der Waals surface area (Å²) in [6.45, 7) is 6.91. The molecule has 2 aromatic carbocycles. The summed E-state index contributed by atoms with van der Waals surface area (Å²) in [6.07, 6.45) is 1.82. The van der Waals surface area contributed by atoms with Crippen LogP contribution in [0.3, 0.4) is 0 Å². The Morgan fingerprint density at radius 2 is 1.78 bits per heavy atom. The molecule has 0 spiro atoms. The number of aromatic hydroxyl groups is 1. The van der Waals surface area contributed by atoms with Crippen LogP contribution in [0.5, 0.6) is 5.75 Å². The van der Waals surface area contributed by atoms with Gasteiger partial charge in [-0.25, -0.2) is 0 Å². The van der Waals surface area contributed by atoms with Crippen LogP contribution in [-0.4, -0.2) is 42.2 Å². The number of benzene rings is 2. The summed E-state index contributed by atoms with van der Waals surface area (Å²) in [4.78, 5) is 8.84. The average Bonchev–Trinajstić information content (AvgIpc) is 2.68. The third-order valence-corrected chi connectivity index (χ3v) is 4.89. The van der Waals surface area contributed by atoms with Crippen molar-refractivity contribution in [3.05, 3.63) is 54.2 Å². The summed E-state index contributed by atoms with van der Waals surface area (Å²) in [5, 5.41) is 14.8. The molecule has 0 unspecified atom stereocenters. The summed E-state index contributed by atoms with van der Waals surface area (Å²) in [5.41, 5.74) is 4.97. The molecule has 0 saturated heterocycles. The fraction of sp³-hybridized carbons (Fsp3) is 0.318. The van der Waals surface area contributed by atoms with E-state index in [1.807, 2.05) is 44.6 Å². The average molecular weight is 364 g/mol. The molecule has 27 heavy (non-hydrogen) atoms. The van der Waals surface area contributed by atoms with Crippen LogP contribution in [-0.2, 0) is 6.54 Å². The second kappa shape index (κ2) is 8.27. The van der Waals surface area contributed by atoms with Gasteiger partial charge >= 0.3 is 0 Å². The molecule has 3 aromatic rings. The quantitative estimate of drug-likeness (QED) is 0.601. The maximum atomic E-state index is 10.2. The number of pyridine rings is 1. The fourth-order valence-electron chi connectivity index (χ4n) is 3.15. The number of hydrogen-bond acceptors (Lipinski definition) is 5. The molecule has 5 nitrogen and oxygen atoms in total. The summed E-state index contributed by atoms with van der Waals surface area (Å²) in [6, 6.07) is 13.9. The summed E-state index contributed by atoms with van der Waals surface area (Å²) >= 11 is 0. The van der Waals surface area contributed by atoms with E-state index in [1.165, 1.54) is 0 Å². The van der Waals surface area contributed by atoms with Crippen molar-refractivity contribution in [1.82, 2.24) is 9.88 Å². The zero-order chi connectivity index (χ0) is 19.4. The molecule has 1 aromatic heterocycles. The minimum Gasteiger partial charge on any atom is -0.508 e. The van der Waals surface area contributed by atoms with Gasteiger partial charge in [0.1, 0.15) is 5.75 Å². The second-order valence-corrected chi connectivity index (χ2v) is 6.88. The number of aromatic nitrogens is 1. The number of rotatable bonds is 7. The fourth-order valence-corrected chi connectivity index (χ4v) is 3.15. The zero-order valence-electron chi connectivity index (χ0n) is 16.5. The molecular formula is C22H28N4O. The highest BCUT2D eigenvalue weighted by Crippen LogP contribution is 2.30. The molecule has 5 heteroatoms. The van der Waals surface area contributed by atoms with Gasteiger partial charge in [0.2, 0.25) is 0 Å². The molecule has 1 heterocycles. The lowest BCUT2D eigenvalue weighted by molar-refractivity contribution is 0.291. The van der Waals surface area contributed by atoms with E-state index in [1.54, 1.807) is 6.07 Å². The molecule has 0 bridgehead atoms. The second-order valence-electron chi connectivity index (χ2n) is 6.88. The van der Waals surface area contributed by atoms with Gasteiger partial charge in [0, 0.05) is 54.8 Å². The number of anilines is 3. The summed E-state index contributed by atoms with van der Waals surface area (Å²) in [5.74, 6) is 0.335. The lowest BCUT2D eigenvalue weighted by Gasteiger charge is -2.19. The molecule has 2 N–H and O–H groups in total. The Kier molecular flexibility index (Phi) is 5.81. The lowest BCUT2D eigenvalue weighted by atomic mass is 10.1. The minimum absolute atomic E-state index is 0.335. The smallest absolute Gasteiger partial charge is 0.120 e. The monoisotopic (exact) mass is 364 g/mol. The first-order valence-electron chi connectivity index (χ1n) is 9.39. The number of hydrogen-bond donors (Lipinski definition) is 2. The molecule has 0 amide bonds. The summed E-state index contributed by atoms with van der Waals surface area (Å²) in [7, 11) is 4.06. The van der Waals surface area contributed by atoms with E-state index < -0.39 is 0 Å². The Balaban J connectivity index is 1.94. The van der Waals surface area contributed by atoms with Crippen molar-refractivity contribution in [2.45, 2.75) is 20.4 Å². The highest BCUT2D eigenvalue weighted by molar-refractivity contribution is 5.95. The zero-order valence-corrected chi connectivity index (χ0v) is 16.5. The van der Waals surface area contributed by atoms with Gasteiger partial charge in [-0.05, 0) is 55.6 Å². The van der Waals surface area contributed by atoms with Gasteiger partial charge in [-0.15, -0.1) is 0 Å². The maximum Gasteiger partial charge on any atom is 0.120 e. The number of fused-ring (bicyclic) bond motifs is 1. The molecule has 3 rings (SSSR count). The van der Waals surface area contributed by atoms with E-state index in [0.717, 1.165) is 53.2 Å². The molecule has 0 aliphatic carbocycles. The minimum atomic E-state index is 0.335. The van der Waals surface area contributed by atoms with Gasteiger partial charge < -0.3 is 15.3 Å². The van der Waals surface area contributed by atoms with Crippen molar-refractivity contribution in [2.24, 2.45) is 0 Å². The van der Waals surface area contributed by atoms with Crippen molar-refractivity contribution in [2.75, 3.05) is 37.4 Å². The van der Waals surface area contributed by atoms with Crippen LogP contribution in [0.2, 0.25) is 0 Å². The number of nitrogens with zero attached hydrogens (tertiary/aromatic N) is 3. The molecule has 0 saturated carbocycles. The molecule has 0 fully saturated rings. The van der Waals surface area contributed by atoms with Crippen LogP contribution in [0.15, 0.2) is 48.7 Å². The predicted molar refractivity (Wildman–Crippen MR) is 114 cm³/mol. The molecule has 0 atom stereocenters. The van der Waals surface area contributed by atoms with E-state index in [-0.39, 0.29) is 0 Å². The van der Waals surface area contributed by atoms with E-state index in [4.69, 9.17) is 0 Å². The van der Waals surface area contributed by atoms with Gasteiger partial charge in [-0.1, -0.05) is 13.8 Å². The van der Waals surface area contributed by atoms with Gasteiger partial charge in [-0.2, -0.15) is 0 Å². The van der Waals surface area contributed by atoms with Crippen molar-refractivity contribution >= 4 is 28.0 Å². The van der Waals surface area contributed by atoms with Crippen LogP contribution in [0.4, 0.5) is 17.1 Å². The molecular weight excluding hydrogens is 336 g/mol. The number of phenols is 1. The van der Waals surface area contributed by atoms with Crippen molar-refractivity contribution in [3.63, 3.8) is 0 Å².